The summed E-state index contributed by atoms with van der Waals surface area (Å²) in [7, 11) is -0.646. The highest BCUT2D eigenvalue weighted by atomic mass is 19.1. The fraction of sp³-hybridized carbons (Fsp3) is 0.632. The Morgan fingerprint density at radius 3 is 2.35 bits per heavy atom. The van der Waals surface area contributed by atoms with Crippen molar-refractivity contribution in [2.24, 2.45) is 5.41 Å². The Morgan fingerprint density at radius 2 is 1.81 bits per heavy atom. The van der Waals surface area contributed by atoms with Gasteiger partial charge in [0.25, 0.3) is 0 Å². The van der Waals surface area contributed by atoms with Crippen LogP contribution in [0.5, 0.6) is 5.75 Å². The molecule has 1 spiro atoms. The summed E-state index contributed by atoms with van der Waals surface area (Å²) < 4.78 is 31.6. The molecule has 7 heteroatoms. The molecule has 2 saturated heterocycles. The summed E-state index contributed by atoms with van der Waals surface area (Å²) >= 11 is 0. The zero-order valence-electron chi connectivity index (χ0n) is 15.8. The molecule has 3 aliphatic rings. The van der Waals surface area contributed by atoms with Crippen molar-refractivity contribution in [3.8, 4) is 5.75 Å². The minimum absolute atomic E-state index is 0.0629. The van der Waals surface area contributed by atoms with Crippen molar-refractivity contribution in [2.75, 3.05) is 13.1 Å². The van der Waals surface area contributed by atoms with Crippen LogP contribution in [0.4, 0.5) is 9.18 Å². The average molecular weight is 361 g/mol. The van der Waals surface area contributed by atoms with Crippen molar-refractivity contribution in [1.29, 1.82) is 0 Å². The van der Waals surface area contributed by atoms with E-state index in [4.69, 9.17) is 14.0 Å². The van der Waals surface area contributed by atoms with Gasteiger partial charge in [-0.1, -0.05) is 6.07 Å². The van der Waals surface area contributed by atoms with Crippen molar-refractivity contribution in [1.82, 2.24) is 4.90 Å². The molecule has 5 nitrogen and oxygen atoms in total. The largest absolute Gasteiger partial charge is 0.494 e. The molecule has 0 unspecified atom stereocenters. The maximum absolute atomic E-state index is 14.5. The number of carbonyl (C=O) groups is 1. The van der Waals surface area contributed by atoms with E-state index in [0.717, 1.165) is 13.0 Å². The molecule has 1 saturated carbocycles. The van der Waals surface area contributed by atoms with Crippen LogP contribution in [0.2, 0.25) is 0 Å². The van der Waals surface area contributed by atoms with Crippen LogP contribution in [0.15, 0.2) is 18.2 Å². The number of carbonyl (C=O) groups excluding carboxylic acids is 1. The monoisotopic (exact) mass is 361 g/mol. The molecule has 0 N–H and O–H groups in total. The highest BCUT2D eigenvalue weighted by Crippen LogP contribution is 2.52. The molecule has 0 aromatic heterocycles. The van der Waals surface area contributed by atoms with Crippen LogP contribution in [0.3, 0.4) is 0 Å². The van der Waals surface area contributed by atoms with Gasteiger partial charge >= 0.3 is 13.2 Å². The molecule has 4 rings (SSSR count). The van der Waals surface area contributed by atoms with Crippen LogP contribution >= 0.6 is 0 Å². The van der Waals surface area contributed by atoms with Crippen LogP contribution in [0.1, 0.15) is 47.0 Å². The van der Waals surface area contributed by atoms with Gasteiger partial charge < -0.3 is 18.9 Å². The van der Waals surface area contributed by atoms with Gasteiger partial charge in [-0.25, -0.2) is 9.18 Å². The van der Waals surface area contributed by atoms with Gasteiger partial charge in [-0.15, -0.1) is 0 Å². The summed E-state index contributed by atoms with van der Waals surface area (Å²) in [5, 5.41) is 0. The standard InChI is InChI=1S/C19H25BFNO4/c1-17(2)18(3,4)26-20(25-17)13-5-6-15(14(21)11-13)24-16(23)22-10-9-19(12-22)7-8-19/h5-6,11H,7-10,12H2,1-4H3. The number of amides is 1. The molecule has 2 aliphatic heterocycles. The molecule has 2 heterocycles. The Balaban J connectivity index is 1.44. The molecule has 3 fully saturated rings. The van der Waals surface area contributed by atoms with Crippen LogP contribution in [-0.4, -0.2) is 42.4 Å². The number of ether oxygens (including phenoxy) is 1. The third-order valence-electron chi connectivity index (χ3n) is 6.33. The summed E-state index contributed by atoms with van der Waals surface area (Å²) in [5.41, 5.74) is -0.0983. The maximum atomic E-state index is 14.5. The lowest BCUT2D eigenvalue weighted by molar-refractivity contribution is 0.00578. The molecule has 1 amide bonds. The summed E-state index contributed by atoms with van der Waals surface area (Å²) in [6.45, 7) is 9.20. The van der Waals surface area contributed by atoms with E-state index in [2.05, 4.69) is 0 Å². The third kappa shape index (κ3) is 3.01. The van der Waals surface area contributed by atoms with Gasteiger partial charge in [0, 0.05) is 13.1 Å². The van der Waals surface area contributed by atoms with Gasteiger partial charge in [0.1, 0.15) is 0 Å². The number of hydrogen-bond donors (Lipinski definition) is 0. The third-order valence-corrected chi connectivity index (χ3v) is 6.33. The lowest BCUT2D eigenvalue weighted by Crippen LogP contribution is -2.41. The van der Waals surface area contributed by atoms with Crippen molar-refractivity contribution in [2.45, 2.75) is 58.2 Å². The Kier molecular flexibility index (Phi) is 3.90. The van der Waals surface area contributed by atoms with E-state index in [9.17, 15) is 9.18 Å². The van der Waals surface area contributed by atoms with E-state index in [0.29, 0.717) is 17.4 Å². The number of hydrogen-bond acceptors (Lipinski definition) is 4. The minimum atomic E-state index is -0.646. The molecule has 140 valence electrons. The number of halogens is 1. The van der Waals surface area contributed by atoms with Gasteiger partial charge in [-0.2, -0.15) is 0 Å². The second-order valence-electron chi connectivity index (χ2n) is 8.82. The van der Waals surface area contributed by atoms with E-state index < -0.39 is 30.2 Å². The van der Waals surface area contributed by atoms with E-state index in [1.807, 2.05) is 27.7 Å². The molecule has 1 aliphatic carbocycles. The number of benzene rings is 1. The molecule has 1 aromatic rings. The van der Waals surface area contributed by atoms with E-state index in [-0.39, 0.29) is 5.75 Å². The van der Waals surface area contributed by atoms with Crippen LogP contribution < -0.4 is 10.2 Å². The first-order valence-corrected chi connectivity index (χ1v) is 9.23. The fourth-order valence-electron chi connectivity index (χ4n) is 3.56. The zero-order chi connectivity index (χ0) is 18.7. The summed E-state index contributed by atoms with van der Waals surface area (Å²) in [5.74, 6) is -0.655. The Labute approximate surface area is 153 Å². The highest BCUT2D eigenvalue weighted by molar-refractivity contribution is 6.62. The molecule has 0 bridgehead atoms. The van der Waals surface area contributed by atoms with Gasteiger partial charge in [0.05, 0.1) is 11.2 Å². The van der Waals surface area contributed by atoms with Crippen molar-refractivity contribution in [3.05, 3.63) is 24.0 Å². The smallest absolute Gasteiger partial charge is 0.407 e. The predicted molar refractivity (Wildman–Crippen MR) is 96.0 cm³/mol. The zero-order valence-corrected chi connectivity index (χ0v) is 15.8. The van der Waals surface area contributed by atoms with E-state index >= 15 is 0 Å². The molecular formula is C19H25BFNO4. The number of likely N-dealkylation sites (tertiary alicyclic amines) is 1. The van der Waals surface area contributed by atoms with Crippen molar-refractivity contribution in [3.63, 3.8) is 0 Å². The fourth-order valence-corrected chi connectivity index (χ4v) is 3.56. The first-order chi connectivity index (χ1) is 12.1. The SMILES string of the molecule is CC1(C)OB(c2ccc(OC(=O)N3CCC4(CC4)C3)c(F)c2)OC1(C)C. The number of rotatable bonds is 2. The minimum Gasteiger partial charge on any atom is -0.407 e. The Morgan fingerprint density at radius 1 is 1.15 bits per heavy atom. The first kappa shape index (κ1) is 17.8. The maximum Gasteiger partial charge on any atom is 0.494 e. The molecular weight excluding hydrogens is 336 g/mol. The molecule has 0 radical (unpaired) electrons. The molecule has 1 aromatic carbocycles. The van der Waals surface area contributed by atoms with Gasteiger partial charge in [-0.3, -0.25) is 0 Å². The van der Waals surface area contributed by atoms with Crippen LogP contribution in [0, 0.1) is 11.2 Å². The first-order valence-electron chi connectivity index (χ1n) is 9.23. The van der Waals surface area contributed by atoms with E-state index in [1.165, 1.54) is 25.0 Å². The molecule has 26 heavy (non-hydrogen) atoms. The summed E-state index contributed by atoms with van der Waals surface area (Å²) in [4.78, 5) is 14.0. The quantitative estimate of drug-likeness (QED) is 0.760. The normalized spacial score (nSPS) is 25.0. The van der Waals surface area contributed by atoms with Gasteiger partial charge in [-0.05, 0) is 70.0 Å². The number of nitrogens with zero attached hydrogens (tertiary/aromatic N) is 1. The lowest BCUT2D eigenvalue weighted by Gasteiger charge is -2.32. The van der Waals surface area contributed by atoms with Crippen molar-refractivity contribution >= 4 is 18.7 Å². The summed E-state index contributed by atoms with van der Waals surface area (Å²) in [6, 6.07) is 4.47. The van der Waals surface area contributed by atoms with Gasteiger partial charge in [0.2, 0.25) is 0 Å². The lowest BCUT2D eigenvalue weighted by atomic mass is 9.79. The Bertz CT molecular complexity index is 731. The van der Waals surface area contributed by atoms with Gasteiger partial charge in [0.15, 0.2) is 11.6 Å². The summed E-state index contributed by atoms with van der Waals surface area (Å²) in [6.07, 6.45) is 2.89. The van der Waals surface area contributed by atoms with E-state index in [1.54, 1.807) is 11.0 Å². The predicted octanol–water partition coefficient (Wildman–Crippen LogP) is 3.11. The highest BCUT2D eigenvalue weighted by Gasteiger charge is 2.52. The van der Waals surface area contributed by atoms with Crippen LogP contribution in [-0.2, 0) is 9.31 Å². The second-order valence-corrected chi connectivity index (χ2v) is 8.82. The Hall–Kier alpha value is -1.60. The van der Waals surface area contributed by atoms with Crippen LogP contribution in [0.25, 0.3) is 0 Å². The second kappa shape index (κ2) is 5.70. The average Bonchev–Trinajstić information content (AvgIpc) is 3.09. The topological polar surface area (TPSA) is 48.0 Å². The van der Waals surface area contributed by atoms with Crippen molar-refractivity contribution < 1.29 is 23.2 Å². The molecule has 0 atom stereocenters.